The van der Waals surface area contributed by atoms with Crippen molar-refractivity contribution < 1.29 is 0 Å². The van der Waals surface area contributed by atoms with Gasteiger partial charge in [-0.05, 0) is 19.1 Å². The molecule has 21 heavy (non-hydrogen) atoms. The van der Waals surface area contributed by atoms with Crippen molar-refractivity contribution in [3.8, 4) is 0 Å². The summed E-state index contributed by atoms with van der Waals surface area (Å²) in [6.45, 7) is 3.42. The van der Waals surface area contributed by atoms with Crippen molar-refractivity contribution in [1.82, 2.24) is 24.8 Å². The maximum absolute atomic E-state index is 12.0. The number of aromatic nitrogens is 4. The third-order valence-corrected chi connectivity index (χ3v) is 3.32. The van der Waals surface area contributed by atoms with E-state index < -0.39 is 0 Å². The van der Waals surface area contributed by atoms with Crippen LogP contribution in [0, 0.1) is 0 Å². The standard InChI is InChI=1S/C15H17N5O/c1-11(9-20-7-6-16-10-20)17-8-14-18-13-5-3-2-4-12(13)15(21)19-14/h2-7,10-11,17H,8-9H2,1H3,(H,18,19,21)/t11-/m0/s1. The van der Waals surface area contributed by atoms with Gasteiger partial charge in [0, 0.05) is 25.0 Å². The quantitative estimate of drug-likeness (QED) is 0.740. The van der Waals surface area contributed by atoms with Crippen LogP contribution >= 0.6 is 0 Å². The number of para-hydroxylation sites is 1. The Balaban J connectivity index is 1.69. The van der Waals surface area contributed by atoms with E-state index in [1.807, 2.05) is 29.0 Å². The zero-order valence-corrected chi connectivity index (χ0v) is 11.8. The molecular formula is C15H17N5O. The van der Waals surface area contributed by atoms with Crippen molar-refractivity contribution >= 4 is 10.9 Å². The van der Waals surface area contributed by atoms with Crippen LogP contribution in [0.4, 0.5) is 0 Å². The van der Waals surface area contributed by atoms with E-state index in [-0.39, 0.29) is 11.6 Å². The lowest BCUT2D eigenvalue weighted by Gasteiger charge is -2.14. The maximum atomic E-state index is 12.0. The highest BCUT2D eigenvalue weighted by Gasteiger charge is 2.06. The number of benzene rings is 1. The minimum Gasteiger partial charge on any atom is -0.336 e. The van der Waals surface area contributed by atoms with E-state index in [1.165, 1.54) is 0 Å². The Labute approximate surface area is 121 Å². The Kier molecular flexibility index (Phi) is 3.79. The summed E-state index contributed by atoms with van der Waals surface area (Å²) in [6, 6.07) is 7.59. The van der Waals surface area contributed by atoms with Crippen molar-refractivity contribution in [2.24, 2.45) is 0 Å². The lowest BCUT2D eigenvalue weighted by Crippen LogP contribution is -2.31. The lowest BCUT2D eigenvalue weighted by molar-refractivity contribution is 0.469. The average Bonchev–Trinajstić information content (AvgIpc) is 2.98. The summed E-state index contributed by atoms with van der Waals surface area (Å²) in [5, 5.41) is 3.97. The van der Waals surface area contributed by atoms with E-state index in [4.69, 9.17) is 0 Å². The Bertz CT molecular complexity index is 778. The van der Waals surface area contributed by atoms with Gasteiger partial charge in [0.2, 0.25) is 0 Å². The Morgan fingerprint density at radius 1 is 1.38 bits per heavy atom. The molecule has 0 fully saturated rings. The summed E-state index contributed by atoms with van der Waals surface area (Å²) in [4.78, 5) is 23.3. The molecule has 108 valence electrons. The molecule has 2 N–H and O–H groups in total. The summed E-state index contributed by atoms with van der Waals surface area (Å²) in [7, 11) is 0. The van der Waals surface area contributed by atoms with Crippen molar-refractivity contribution in [2.45, 2.75) is 26.1 Å². The number of nitrogens with one attached hydrogen (secondary N) is 2. The van der Waals surface area contributed by atoms with Crippen LogP contribution in [0.3, 0.4) is 0 Å². The fraction of sp³-hybridized carbons (Fsp3) is 0.267. The van der Waals surface area contributed by atoms with Crippen LogP contribution in [0.2, 0.25) is 0 Å². The molecule has 0 saturated carbocycles. The Morgan fingerprint density at radius 2 is 2.24 bits per heavy atom. The second kappa shape index (κ2) is 5.88. The largest absolute Gasteiger partial charge is 0.336 e. The highest BCUT2D eigenvalue weighted by atomic mass is 16.1. The summed E-state index contributed by atoms with van der Waals surface area (Å²) in [5.74, 6) is 0.649. The summed E-state index contributed by atoms with van der Waals surface area (Å²) >= 11 is 0. The molecular weight excluding hydrogens is 266 g/mol. The van der Waals surface area contributed by atoms with Crippen LogP contribution in [0.25, 0.3) is 10.9 Å². The normalized spacial score (nSPS) is 12.6. The van der Waals surface area contributed by atoms with Crippen LogP contribution < -0.4 is 10.9 Å². The zero-order chi connectivity index (χ0) is 14.7. The highest BCUT2D eigenvalue weighted by Crippen LogP contribution is 2.05. The van der Waals surface area contributed by atoms with E-state index in [0.717, 1.165) is 12.1 Å². The molecule has 2 heterocycles. The smallest absolute Gasteiger partial charge is 0.258 e. The van der Waals surface area contributed by atoms with E-state index in [1.54, 1.807) is 18.6 Å². The fourth-order valence-corrected chi connectivity index (χ4v) is 2.27. The molecule has 0 saturated heterocycles. The first kappa shape index (κ1) is 13.5. The number of rotatable bonds is 5. The molecule has 2 aromatic heterocycles. The first-order valence-electron chi connectivity index (χ1n) is 6.89. The molecule has 0 unspecified atom stereocenters. The van der Waals surface area contributed by atoms with Gasteiger partial charge in [-0.25, -0.2) is 9.97 Å². The van der Waals surface area contributed by atoms with Crippen LogP contribution in [0.15, 0.2) is 47.8 Å². The number of imidazole rings is 1. The maximum Gasteiger partial charge on any atom is 0.258 e. The highest BCUT2D eigenvalue weighted by molar-refractivity contribution is 5.77. The number of aromatic amines is 1. The van der Waals surface area contributed by atoms with Gasteiger partial charge >= 0.3 is 0 Å². The zero-order valence-electron chi connectivity index (χ0n) is 11.8. The topological polar surface area (TPSA) is 75.6 Å². The summed E-state index contributed by atoms with van der Waals surface area (Å²) in [5.41, 5.74) is 0.625. The van der Waals surface area contributed by atoms with Gasteiger partial charge in [0.15, 0.2) is 0 Å². The predicted octanol–water partition coefficient (Wildman–Crippen LogP) is 1.30. The van der Waals surface area contributed by atoms with Crippen molar-refractivity contribution in [3.05, 3.63) is 59.2 Å². The van der Waals surface area contributed by atoms with Gasteiger partial charge in [-0.3, -0.25) is 4.79 Å². The fourth-order valence-electron chi connectivity index (χ4n) is 2.27. The molecule has 3 aromatic rings. The van der Waals surface area contributed by atoms with Gasteiger partial charge < -0.3 is 14.9 Å². The molecule has 0 radical (unpaired) electrons. The molecule has 3 rings (SSSR count). The third kappa shape index (κ3) is 3.17. The number of fused-ring (bicyclic) bond motifs is 1. The molecule has 6 heteroatoms. The molecule has 0 aliphatic carbocycles. The molecule has 6 nitrogen and oxygen atoms in total. The number of nitrogens with zero attached hydrogens (tertiary/aromatic N) is 3. The molecule has 0 aliphatic rings. The molecule has 1 aromatic carbocycles. The monoisotopic (exact) mass is 283 g/mol. The summed E-state index contributed by atoms with van der Waals surface area (Å²) in [6.07, 6.45) is 5.47. The van der Waals surface area contributed by atoms with Gasteiger partial charge in [-0.15, -0.1) is 0 Å². The second-order valence-electron chi connectivity index (χ2n) is 5.07. The van der Waals surface area contributed by atoms with Crippen molar-refractivity contribution in [1.29, 1.82) is 0 Å². The van der Waals surface area contributed by atoms with Crippen LogP contribution in [-0.4, -0.2) is 25.6 Å². The first-order chi connectivity index (χ1) is 10.2. The van der Waals surface area contributed by atoms with E-state index in [2.05, 4.69) is 27.2 Å². The van der Waals surface area contributed by atoms with Crippen molar-refractivity contribution in [3.63, 3.8) is 0 Å². The SMILES string of the molecule is C[C@@H](Cn1ccnc1)NCc1nc2ccccc2c(=O)[nH]1. The van der Waals surface area contributed by atoms with Gasteiger partial charge in [0.25, 0.3) is 5.56 Å². The number of H-pyrrole nitrogens is 1. The van der Waals surface area contributed by atoms with Crippen molar-refractivity contribution in [2.75, 3.05) is 0 Å². The minimum absolute atomic E-state index is 0.0975. The van der Waals surface area contributed by atoms with Crippen LogP contribution in [0.1, 0.15) is 12.7 Å². The molecule has 1 atom stereocenters. The first-order valence-corrected chi connectivity index (χ1v) is 6.89. The van der Waals surface area contributed by atoms with Gasteiger partial charge in [-0.1, -0.05) is 12.1 Å². The van der Waals surface area contributed by atoms with Crippen LogP contribution in [0.5, 0.6) is 0 Å². The van der Waals surface area contributed by atoms with Gasteiger partial charge in [0.05, 0.1) is 23.8 Å². The van der Waals surface area contributed by atoms with Crippen LogP contribution in [-0.2, 0) is 13.1 Å². The van der Waals surface area contributed by atoms with E-state index in [0.29, 0.717) is 17.8 Å². The van der Waals surface area contributed by atoms with E-state index >= 15 is 0 Å². The second-order valence-corrected chi connectivity index (χ2v) is 5.07. The third-order valence-electron chi connectivity index (χ3n) is 3.32. The molecule has 0 aliphatic heterocycles. The molecule has 0 amide bonds. The number of hydrogen-bond acceptors (Lipinski definition) is 4. The molecule has 0 bridgehead atoms. The van der Waals surface area contributed by atoms with Gasteiger partial charge in [0.1, 0.15) is 5.82 Å². The van der Waals surface area contributed by atoms with Gasteiger partial charge in [-0.2, -0.15) is 0 Å². The predicted molar refractivity (Wildman–Crippen MR) is 80.9 cm³/mol. The summed E-state index contributed by atoms with van der Waals surface area (Å²) < 4.78 is 2.01. The molecule has 0 spiro atoms. The Morgan fingerprint density at radius 3 is 3.05 bits per heavy atom. The average molecular weight is 283 g/mol. The Hall–Kier alpha value is -2.47. The lowest BCUT2D eigenvalue weighted by atomic mass is 10.2. The minimum atomic E-state index is -0.0975. The number of hydrogen-bond donors (Lipinski definition) is 2. The van der Waals surface area contributed by atoms with E-state index in [9.17, 15) is 4.79 Å².